The molecule has 0 aliphatic carbocycles. The molecule has 0 spiro atoms. The van der Waals surface area contributed by atoms with Crippen LogP contribution in [-0.4, -0.2) is 29.4 Å². The highest BCUT2D eigenvalue weighted by molar-refractivity contribution is 14.1. The van der Waals surface area contributed by atoms with Gasteiger partial charge in [0.1, 0.15) is 5.82 Å². The molecule has 1 aromatic rings. The molecule has 1 fully saturated rings. The van der Waals surface area contributed by atoms with Gasteiger partial charge in [0.05, 0.1) is 5.56 Å². The molecule has 104 valence electrons. The number of benzene rings is 1. The second-order valence-corrected chi connectivity index (χ2v) is 6.21. The van der Waals surface area contributed by atoms with Crippen molar-refractivity contribution in [1.29, 1.82) is 0 Å². The first-order chi connectivity index (χ1) is 9.00. The van der Waals surface area contributed by atoms with Crippen LogP contribution < -0.4 is 5.73 Å². The number of hydrogen-bond acceptors (Lipinski definition) is 2. The Labute approximate surface area is 126 Å². The lowest BCUT2D eigenvalue weighted by Gasteiger charge is -2.38. The lowest BCUT2D eigenvalue weighted by atomic mass is 9.96. The molecule has 2 N–H and O–H groups in total. The zero-order valence-corrected chi connectivity index (χ0v) is 13.1. The molecule has 2 atom stereocenters. The van der Waals surface area contributed by atoms with Gasteiger partial charge < -0.3 is 10.6 Å². The van der Waals surface area contributed by atoms with Crippen LogP contribution in [0.15, 0.2) is 18.2 Å². The molecule has 0 aromatic heterocycles. The predicted octanol–water partition coefficient (Wildman–Crippen LogP) is 2.77. The Kier molecular flexibility index (Phi) is 4.78. The molecule has 1 heterocycles. The topological polar surface area (TPSA) is 46.3 Å². The van der Waals surface area contributed by atoms with Gasteiger partial charge in [-0.3, -0.25) is 4.79 Å². The fourth-order valence-electron chi connectivity index (χ4n) is 2.57. The van der Waals surface area contributed by atoms with Gasteiger partial charge in [-0.1, -0.05) is 0 Å². The number of piperidine rings is 1. The Hall–Kier alpha value is -0.690. The van der Waals surface area contributed by atoms with Crippen molar-refractivity contribution in [3.05, 3.63) is 33.1 Å². The van der Waals surface area contributed by atoms with Crippen molar-refractivity contribution in [2.24, 2.45) is 5.73 Å². The van der Waals surface area contributed by atoms with Gasteiger partial charge in [-0.2, -0.15) is 0 Å². The summed E-state index contributed by atoms with van der Waals surface area (Å²) < 4.78 is 14.1. The highest BCUT2D eigenvalue weighted by Crippen LogP contribution is 2.23. The summed E-state index contributed by atoms with van der Waals surface area (Å²) in [6.45, 7) is 2.63. The first-order valence-corrected chi connectivity index (χ1v) is 7.60. The van der Waals surface area contributed by atoms with Gasteiger partial charge in [-0.15, -0.1) is 0 Å². The van der Waals surface area contributed by atoms with Crippen molar-refractivity contribution >= 4 is 28.5 Å². The van der Waals surface area contributed by atoms with Gasteiger partial charge in [0, 0.05) is 22.2 Å². The number of nitrogens with two attached hydrogens (primary N) is 1. The fraction of sp³-hybridized carbons (Fsp3) is 0.500. The van der Waals surface area contributed by atoms with E-state index in [1.165, 1.54) is 12.1 Å². The predicted molar refractivity (Wildman–Crippen MR) is 81.4 cm³/mol. The van der Waals surface area contributed by atoms with Crippen LogP contribution in [0.1, 0.15) is 36.5 Å². The summed E-state index contributed by atoms with van der Waals surface area (Å²) in [7, 11) is 0. The van der Waals surface area contributed by atoms with E-state index in [2.05, 4.69) is 22.6 Å². The van der Waals surface area contributed by atoms with Gasteiger partial charge >= 0.3 is 0 Å². The highest BCUT2D eigenvalue weighted by Gasteiger charge is 2.30. The molecule has 0 saturated carbocycles. The van der Waals surface area contributed by atoms with Crippen molar-refractivity contribution in [2.75, 3.05) is 6.54 Å². The molecular formula is C14H18FIN2O. The van der Waals surface area contributed by atoms with Crippen LogP contribution in [0.5, 0.6) is 0 Å². The number of carbonyl (C=O) groups excluding carboxylic acids is 1. The van der Waals surface area contributed by atoms with Gasteiger partial charge in [0.2, 0.25) is 0 Å². The second-order valence-electron chi connectivity index (χ2n) is 5.04. The number of rotatable bonds is 2. The Bertz CT molecular complexity index is 479. The molecule has 2 unspecified atom stereocenters. The van der Waals surface area contributed by atoms with Crippen molar-refractivity contribution in [3.8, 4) is 0 Å². The maximum absolute atomic E-state index is 13.3. The van der Waals surface area contributed by atoms with Crippen LogP contribution in [0.25, 0.3) is 0 Å². The van der Waals surface area contributed by atoms with Crippen molar-refractivity contribution in [1.82, 2.24) is 4.90 Å². The first kappa shape index (κ1) is 14.7. The summed E-state index contributed by atoms with van der Waals surface area (Å²) in [5.74, 6) is -0.482. The molecule has 0 bridgehead atoms. The molecule has 2 rings (SSSR count). The average molecular weight is 376 g/mol. The standard InChI is InChI=1S/C14H18FIN2O/c1-9(17)13-4-2-3-7-18(13)14(19)11-8-10(15)5-6-12(11)16/h5-6,8-9,13H,2-4,7,17H2,1H3. The minimum Gasteiger partial charge on any atom is -0.334 e. The maximum atomic E-state index is 13.3. The summed E-state index contributed by atoms with van der Waals surface area (Å²) in [4.78, 5) is 14.4. The van der Waals surface area contributed by atoms with Gasteiger partial charge in [0.25, 0.3) is 5.91 Å². The van der Waals surface area contributed by atoms with Crippen molar-refractivity contribution in [3.63, 3.8) is 0 Å². The van der Waals surface area contributed by atoms with E-state index in [1.807, 2.05) is 11.8 Å². The van der Waals surface area contributed by atoms with Crippen LogP contribution in [-0.2, 0) is 0 Å². The van der Waals surface area contributed by atoms with E-state index in [-0.39, 0.29) is 23.8 Å². The summed E-state index contributed by atoms with van der Waals surface area (Å²) >= 11 is 2.07. The van der Waals surface area contributed by atoms with Crippen LogP contribution in [0.3, 0.4) is 0 Å². The first-order valence-electron chi connectivity index (χ1n) is 6.52. The van der Waals surface area contributed by atoms with E-state index in [0.717, 1.165) is 22.8 Å². The Morgan fingerprint density at radius 1 is 1.53 bits per heavy atom. The van der Waals surface area contributed by atoms with Crippen LogP contribution >= 0.6 is 22.6 Å². The van der Waals surface area contributed by atoms with E-state index in [1.54, 1.807) is 6.07 Å². The average Bonchev–Trinajstić information content (AvgIpc) is 2.40. The summed E-state index contributed by atoms with van der Waals surface area (Å²) in [5, 5.41) is 0. The minimum absolute atomic E-state index is 0.0558. The Morgan fingerprint density at radius 3 is 2.95 bits per heavy atom. The van der Waals surface area contributed by atoms with Crippen LogP contribution in [0.2, 0.25) is 0 Å². The number of halogens is 2. The quantitative estimate of drug-likeness (QED) is 0.807. The second kappa shape index (κ2) is 6.17. The molecule has 0 radical (unpaired) electrons. The van der Waals surface area contributed by atoms with Gasteiger partial charge in [0.15, 0.2) is 0 Å². The third-order valence-electron chi connectivity index (χ3n) is 3.58. The molecular weight excluding hydrogens is 358 g/mol. The third-order valence-corrected chi connectivity index (χ3v) is 4.52. The summed E-state index contributed by atoms with van der Waals surface area (Å²) in [5.41, 5.74) is 6.41. The van der Waals surface area contributed by atoms with E-state index < -0.39 is 0 Å². The zero-order chi connectivity index (χ0) is 14.0. The number of nitrogens with zero attached hydrogens (tertiary/aromatic N) is 1. The van der Waals surface area contributed by atoms with E-state index in [4.69, 9.17) is 5.73 Å². The fourth-order valence-corrected chi connectivity index (χ4v) is 3.14. The Balaban J connectivity index is 2.28. The smallest absolute Gasteiger partial charge is 0.255 e. The number of carbonyl (C=O) groups is 1. The molecule has 3 nitrogen and oxygen atoms in total. The normalized spacial score (nSPS) is 21.3. The van der Waals surface area contributed by atoms with Crippen molar-refractivity contribution in [2.45, 2.75) is 38.3 Å². The van der Waals surface area contributed by atoms with E-state index >= 15 is 0 Å². The zero-order valence-electron chi connectivity index (χ0n) is 10.9. The lowest BCUT2D eigenvalue weighted by molar-refractivity contribution is 0.0582. The molecule has 1 amide bonds. The maximum Gasteiger partial charge on any atom is 0.255 e. The SMILES string of the molecule is CC(N)C1CCCCN1C(=O)c1cc(F)ccc1I. The molecule has 19 heavy (non-hydrogen) atoms. The van der Waals surface area contributed by atoms with E-state index in [9.17, 15) is 9.18 Å². The van der Waals surface area contributed by atoms with Crippen LogP contribution in [0.4, 0.5) is 4.39 Å². The van der Waals surface area contributed by atoms with Gasteiger partial charge in [-0.25, -0.2) is 4.39 Å². The largest absolute Gasteiger partial charge is 0.334 e. The number of hydrogen-bond donors (Lipinski definition) is 1. The summed E-state index contributed by atoms with van der Waals surface area (Å²) in [6.07, 6.45) is 3.01. The third kappa shape index (κ3) is 3.25. The monoisotopic (exact) mass is 376 g/mol. The molecule has 1 aromatic carbocycles. The summed E-state index contributed by atoms with van der Waals surface area (Å²) in [6, 6.07) is 4.32. The van der Waals surface area contributed by atoms with E-state index in [0.29, 0.717) is 12.1 Å². The van der Waals surface area contributed by atoms with Crippen LogP contribution in [0, 0.1) is 9.39 Å². The molecule has 5 heteroatoms. The minimum atomic E-state index is -0.377. The molecule has 1 aliphatic heterocycles. The Morgan fingerprint density at radius 2 is 2.26 bits per heavy atom. The lowest BCUT2D eigenvalue weighted by Crippen LogP contribution is -2.51. The van der Waals surface area contributed by atoms with Crippen molar-refractivity contribution < 1.29 is 9.18 Å². The van der Waals surface area contributed by atoms with Gasteiger partial charge in [-0.05, 0) is 67.0 Å². The highest BCUT2D eigenvalue weighted by atomic mass is 127. The molecule has 1 aliphatic rings. The number of amides is 1. The number of likely N-dealkylation sites (tertiary alicyclic amines) is 1. The molecule has 1 saturated heterocycles.